The molecule has 0 aromatic heterocycles. The van der Waals surface area contributed by atoms with Crippen molar-refractivity contribution in [3.05, 3.63) is 0 Å². The van der Waals surface area contributed by atoms with Crippen molar-refractivity contribution in [2.75, 3.05) is 13.1 Å². The molecule has 1 heterocycles. The Kier molecular flexibility index (Phi) is 3.34. The van der Waals surface area contributed by atoms with E-state index in [9.17, 15) is 0 Å². The summed E-state index contributed by atoms with van der Waals surface area (Å²) in [5.41, 5.74) is 3.93. The van der Waals surface area contributed by atoms with Gasteiger partial charge in [-0.05, 0) is 33.1 Å². The fraction of sp³-hybridized carbons (Fsp3) is 1.00. The first kappa shape index (κ1) is 9.01. The van der Waals surface area contributed by atoms with Crippen LogP contribution in [0.1, 0.15) is 33.1 Å². The molecular weight excluding hydrogens is 136 g/mol. The third-order valence-corrected chi connectivity index (χ3v) is 3.01. The third kappa shape index (κ3) is 2.17. The lowest BCUT2D eigenvalue weighted by molar-refractivity contribution is -0.955. The van der Waals surface area contributed by atoms with Gasteiger partial charge in [-0.15, -0.1) is 0 Å². The van der Waals surface area contributed by atoms with E-state index >= 15 is 0 Å². The first-order valence-electron chi connectivity index (χ1n) is 4.90. The molecule has 0 saturated carbocycles. The molecule has 1 rings (SSSR count). The molecule has 2 heteroatoms. The van der Waals surface area contributed by atoms with E-state index in [1.54, 1.807) is 4.90 Å². The predicted octanol–water partition coefficient (Wildman–Crippen LogP) is -0.926. The average molecular weight is 158 g/mol. The molecule has 4 N–H and O–H groups in total. The van der Waals surface area contributed by atoms with Crippen molar-refractivity contribution in [2.45, 2.75) is 45.2 Å². The molecule has 0 aromatic carbocycles. The summed E-state index contributed by atoms with van der Waals surface area (Å²) in [7, 11) is 0. The number of hydrogen-bond acceptors (Lipinski definition) is 0. The minimum atomic E-state index is 0.875. The molecule has 1 saturated heterocycles. The van der Waals surface area contributed by atoms with Gasteiger partial charge in [0.2, 0.25) is 0 Å². The van der Waals surface area contributed by atoms with Gasteiger partial charge >= 0.3 is 0 Å². The van der Waals surface area contributed by atoms with Gasteiger partial charge in [0, 0.05) is 0 Å². The lowest BCUT2D eigenvalue weighted by Gasteiger charge is -2.34. The van der Waals surface area contributed by atoms with Gasteiger partial charge < -0.3 is 10.6 Å². The van der Waals surface area contributed by atoms with Crippen LogP contribution in [0, 0.1) is 0 Å². The molecule has 0 radical (unpaired) electrons. The van der Waals surface area contributed by atoms with E-state index in [4.69, 9.17) is 0 Å². The van der Waals surface area contributed by atoms with E-state index in [0.29, 0.717) is 0 Å². The second-order valence-electron chi connectivity index (χ2n) is 3.91. The minimum Gasteiger partial charge on any atom is -0.353 e. The summed E-state index contributed by atoms with van der Waals surface area (Å²) < 4.78 is 0. The first-order chi connectivity index (χ1) is 5.25. The van der Waals surface area contributed by atoms with Crippen molar-refractivity contribution in [1.82, 2.24) is 0 Å². The minimum absolute atomic E-state index is 0.875. The molecule has 0 aromatic rings. The molecule has 0 bridgehead atoms. The summed E-state index contributed by atoms with van der Waals surface area (Å²) in [5, 5.41) is 0. The summed E-state index contributed by atoms with van der Waals surface area (Å²) >= 11 is 0. The van der Waals surface area contributed by atoms with Gasteiger partial charge in [0.1, 0.15) is 13.1 Å². The van der Waals surface area contributed by atoms with Crippen LogP contribution in [0.2, 0.25) is 0 Å². The van der Waals surface area contributed by atoms with Crippen molar-refractivity contribution in [3.63, 3.8) is 0 Å². The molecule has 1 fully saturated rings. The van der Waals surface area contributed by atoms with Gasteiger partial charge in [0.05, 0.1) is 12.1 Å². The van der Waals surface area contributed by atoms with Crippen molar-refractivity contribution in [2.24, 2.45) is 0 Å². The molecule has 0 amide bonds. The molecule has 66 valence electrons. The van der Waals surface area contributed by atoms with Crippen LogP contribution < -0.4 is 10.6 Å². The highest BCUT2D eigenvalue weighted by molar-refractivity contribution is 4.61. The molecule has 0 spiro atoms. The maximum Gasteiger partial charge on any atom is 0.127 e. The van der Waals surface area contributed by atoms with Crippen molar-refractivity contribution < 1.29 is 10.6 Å². The smallest absolute Gasteiger partial charge is 0.127 e. The Morgan fingerprint density at radius 2 is 1.82 bits per heavy atom. The lowest BCUT2D eigenvalue weighted by Crippen LogP contribution is -3.20. The number of rotatable bonds is 2. The van der Waals surface area contributed by atoms with Gasteiger partial charge in [0.15, 0.2) is 0 Å². The predicted molar refractivity (Wildman–Crippen MR) is 46.4 cm³/mol. The van der Waals surface area contributed by atoms with Crippen LogP contribution in [0.4, 0.5) is 0 Å². The van der Waals surface area contributed by atoms with E-state index < -0.39 is 0 Å². The molecule has 0 aliphatic carbocycles. The summed E-state index contributed by atoms with van der Waals surface area (Å²) in [4.78, 5) is 1.78. The number of quaternary nitrogens is 2. The Morgan fingerprint density at radius 3 is 2.27 bits per heavy atom. The van der Waals surface area contributed by atoms with Gasteiger partial charge in [-0.1, -0.05) is 0 Å². The number of likely N-dealkylation sites (tertiary alicyclic amines) is 1. The van der Waals surface area contributed by atoms with E-state index in [2.05, 4.69) is 19.6 Å². The zero-order valence-electron chi connectivity index (χ0n) is 7.90. The van der Waals surface area contributed by atoms with Crippen molar-refractivity contribution in [1.29, 1.82) is 0 Å². The largest absolute Gasteiger partial charge is 0.353 e. The monoisotopic (exact) mass is 158 g/mol. The van der Waals surface area contributed by atoms with Crippen molar-refractivity contribution >= 4 is 0 Å². The number of piperidine rings is 1. The van der Waals surface area contributed by atoms with Gasteiger partial charge in [-0.25, -0.2) is 0 Å². The molecule has 2 nitrogen and oxygen atoms in total. The highest BCUT2D eigenvalue weighted by Crippen LogP contribution is 2.06. The quantitative estimate of drug-likeness (QED) is 0.521. The highest BCUT2D eigenvalue weighted by atomic mass is 15.2. The number of hydrogen-bond donors (Lipinski definition) is 2. The van der Waals surface area contributed by atoms with Crippen LogP contribution in [0.15, 0.2) is 0 Å². The summed E-state index contributed by atoms with van der Waals surface area (Å²) in [6.45, 7) is 7.10. The molecular formula is C9H22N2+2. The van der Waals surface area contributed by atoms with Crippen LogP contribution in [0.3, 0.4) is 0 Å². The Labute approximate surface area is 69.8 Å². The maximum absolute atomic E-state index is 3.93. The molecule has 1 aliphatic heterocycles. The fourth-order valence-electron chi connectivity index (χ4n) is 2.28. The van der Waals surface area contributed by atoms with E-state index in [-0.39, 0.29) is 0 Å². The highest BCUT2D eigenvalue weighted by Gasteiger charge is 2.27. The summed E-state index contributed by atoms with van der Waals surface area (Å²) in [5.74, 6) is 0. The average Bonchev–Trinajstić information content (AvgIpc) is 1.97. The Morgan fingerprint density at radius 1 is 1.27 bits per heavy atom. The third-order valence-electron chi connectivity index (χ3n) is 3.01. The van der Waals surface area contributed by atoms with Crippen LogP contribution in [-0.4, -0.2) is 25.2 Å². The van der Waals surface area contributed by atoms with Crippen LogP contribution in [0.5, 0.6) is 0 Å². The van der Waals surface area contributed by atoms with Crippen molar-refractivity contribution in [3.8, 4) is 0 Å². The Hall–Kier alpha value is -0.0800. The summed E-state index contributed by atoms with van der Waals surface area (Å²) in [6.07, 6.45) is 4.27. The standard InChI is InChI=1S/C9H20N2/c1-8-4-3-5-9(2)11(8)7-6-10/h8-9H,3-7,10H2,1-2H3/p+2/t8-,9+. The van der Waals surface area contributed by atoms with E-state index in [1.165, 1.54) is 25.8 Å². The topological polar surface area (TPSA) is 32.1 Å². The second kappa shape index (κ2) is 4.07. The normalized spacial score (nSPS) is 39.0. The molecule has 1 unspecified atom stereocenters. The molecule has 3 atom stereocenters. The zero-order chi connectivity index (χ0) is 8.27. The first-order valence-corrected chi connectivity index (χ1v) is 4.90. The lowest BCUT2D eigenvalue weighted by atomic mass is 9.98. The van der Waals surface area contributed by atoms with Crippen LogP contribution in [0.25, 0.3) is 0 Å². The van der Waals surface area contributed by atoms with Crippen LogP contribution >= 0.6 is 0 Å². The van der Waals surface area contributed by atoms with Gasteiger partial charge in [0.25, 0.3) is 0 Å². The zero-order valence-corrected chi connectivity index (χ0v) is 7.90. The van der Waals surface area contributed by atoms with E-state index in [1.807, 2.05) is 0 Å². The fourth-order valence-corrected chi connectivity index (χ4v) is 2.28. The SMILES string of the molecule is C[C@@H]1CCC[C@H](C)[NH+]1CC[NH3+]. The molecule has 1 aliphatic rings. The maximum atomic E-state index is 3.93. The van der Waals surface area contributed by atoms with Crippen LogP contribution in [-0.2, 0) is 0 Å². The molecule has 11 heavy (non-hydrogen) atoms. The number of nitrogens with one attached hydrogen (secondary N) is 1. The van der Waals surface area contributed by atoms with Gasteiger partial charge in [-0.2, -0.15) is 0 Å². The second-order valence-corrected chi connectivity index (χ2v) is 3.91. The van der Waals surface area contributed by atoms with Gasteiger partial charge in [-0.3, -0.25) is 0 Å². The van der Waals surface area contributed by atoms with E-state index in [0.717, 1.165) is 18.6 Å². The summed E-state index contributed by atoms with van der Waals surface area (Å²) in [6, 6.07) is 1.75. The Bertz CT molecular complexity index is 104. The Balaban J connectivity index is 2.41.